The van der Waals surface area contributed by atoms with E-state index in [1.54, 1.807) is 0 Å². The Morgan fingerprint density at radius 3 is 2.59 bits per heavy atom. The second-order valence-electron chi connectivity index (χ2n) is 6.24. The highest BCUT2D eigenvalue weighted by Crippen LogP contribution is 2.27. The molecule has 0 saturated carbocycles. The van der Waals surface area contributed by atoms with Crippen LogP contribution in [-0.4, -0.2) is 48.6 Å². The van der Waals surface area contributed by atoms with Gasteiger partial charge in [0.2, 0.25) is 0 Å². The Balaban J connectivity index is 2.55. The van der Waals surface area contributed by atoms with Crippen molar-refractivity contribution in [2.24, 2.45) is 5.41 Å². The number of hydrogen-bond acceptors (Lipinski definition) is 3. The van der Waals surface area contributed by atoms with Gasteiger partial charge in [-0.15, -0.1) is 0 Å². The van der Waals surface area contributed by atoms with E-state index in [-0.39, 0.29) is 0 Å². The Bertz CT molecular complexity index is 213. The van der Waals surface area contributed by atoms with Crippen LogP contribution in [0.15, 0.2) is 0 Å². The highest BCUT2D eigenvalue weighted by Gasteiger charge is 2.34. The van der Waals surface area contributed by atoms with Crippen LogP contribution in [0.25, 0.3) is 0 Å². The second-order valence-corrected chi connectivity index (χ2v) is 7.22. The molecule has 1 aliphatic heterocycles. The Morgan fingerprint density at radius 1 is 1.35 bits per heavy atom. The van der Waals surface area contributed by atoms with Crippen LogP contribution in [0.5, 0.6) is 0 Å². The molecule has 3 heteroatoms. The Kier molecular flexibility index (Phi) is 6.32. The van der Waals surface area contributed by atoms with Crippen LogP contribution in [-0.2, 0) is 0 Å². The number of piperazine rings is 1. The molecule has 102 valence electrons. The van der Waals surface area contributed by atoms with E-state index in [1.807, 2.05) is 11.8 Å². The van der Waals surface area contributed by atoms with Gasteiger partial charge in [0.05, 0.1) is 0 Å². The molecule has 0 aromatic carbocycles. The average molecular weight is 258 g/mol. The van der Waals surface area contributed by atoms with Gasteiger partial charge < -0.3 is 5.32 Å². The number of nitrogens with zero attached hydrogens (tertiary/aromatic N) is 1. The summed E-state index contributed by atoms with van der Waals surface area (Å²) in [5.41, 5.74) is 0.380. The molecule has 1 aliphatic rings. The van der Waals surface area contributed by atoms with E-state index in [2.05, 4.69) is 44.2 Å². The van der Waals surface area contributed by atoms with E-state index in [4.69, 9.17) is 0 Å². The van der Waals surface area contributed by atoms with E-state index in [9.17, 15) is 0 Å². The van der Waals surface area contributed by atoms with Gasteiger partial charge in [0, 0.05) is 25.2 Å². The standard InChI is InChI=1S/C14H30N2S/c1-6-12-11-16(8-7-9-17-5)13(10-15-12)14(2,3)4/h12-13,15H,6-11H2,1-5H3. The topological polar surface area (TPSA) is 15.3 Å². The second kappa shape index (κ2) is 7.01. The lowest BCUT2D eigenvalue weighted by molar-refractivity contribution is 0.0553. The molecule has 1 rings (SSSR count). The summed E-state index contributed by atoms with van der Waals surface area (Å²) in [6, 6.07) is 1.38. The molecule has 1 heterocycles. The molecule has 0 spiro atoms. The van der Waals surface area contributed by atoms with Crippen molar-refractivity contribution >= 4 is 11.8 Å². The fraction of sp³-hybridized carbons (Fsp3) is 1.00. The van der Waals surface area contributed by atoms with E-state index < -0.39 is 0 Å². The smallest absolute Gasteiger partial charge is 0.0269 e. The zero-order chi connectivity index (χ0) is 12.9. The van der Waals surface area contributed by atoms with Crippen LogP contribution in [0.1, 0.15) is 40.5 Å². The molecular formula is C14H30N2S. The number of thioether (sulfide) groups is 1. The Morgan fingerprint density at radius 2 is 2.06 bits per heavy atom. The first-order valence-corrected chi connectivity index (χ1v) is 8.34. The predicted molar refractivity (Wildman–Crippen MR) is 79.9 cm³/mol. The average Bonchev–Trinajstić information content (AvgIpc) is 2.28. The summed E-state index contributed by atoms with van der Waals surface area (Å²) in [6.45, 7) is 13.0. The van der Waals surface area contributed by atoms with E-state index in [0.29, 0.717) is 17.5 Å². The Hall–Kier alpha value is 0.270. The van der Waals surface area contributed by atoms with Crippen LogP contribution in [0.2, 0.25) is 0 Å². The van der Waals surface area contributed by atoms with Crippen molar-refractivity contribution in [3.63, 3.8) is 0 Å². The maximum Gasteiger partial charge on any atom is 0.0269 e. The van der Waals surface area contributed by atoms with Gasteiger partial charge >= 0.3 is 0 Å². The molecule has 0 aromatic heterocycles. The van der Waals surface area contributed by atoms with Crippen molar-refractivity contribution in [3.8, 4) is 0 Å². The highest BCUT2D eigenvalue weighted by atomic mass is 32.2. The van der Waals surface area contributed by atoms with Gasteiger partial charge in [-0.05, 0) is 36.8 Å². The summed E-state index contributed by atoms with van der Waals surface area (Å²) in [4.78, 5) is 2.72. The lowest BCUT2D eigenvalue weighted by Crippen LogP contribution is -2.60. The first-order chi connectivity index (χ1) is 7.99. The largest absolute Gasteiger partial charge is 0.311 e. The lowest BCUT2D eigenvalue weighted by atomic mass is 9.83. The normalized spacial score (nSPS) is 27.4. The molecular weight excluding hydrogens is 228 g/mol. The van der Waals surface area contributed by atoms with Crippen LogP contribution < -0.4 is 5.32 Å². The molecule has 0 amide bonds. The fourth-order valence-electron chi connectivity index (χ4n) is 2.67. The lowest BCUT2D eigenvalue weighted by Gasteiger charge is -2.46. The monoisotopic (exact) mass is 258 g/mol. The summed E-state index contributed by atoms with van der Waals surface area (Å²) >= 11 is 1.96. The predicted octanol–water partition coefficient (Wildman–Crippen LogP) is 2.84. The SMILES string of the molecule is CCC1CN(CCCSC)C(C(C)(C)C)CN1. The number of nitrogens with one attached hydrogen (secondary N) is 1. The van der Waals surface area contributed by atoms with Crippen molar-refractivity contribution in [1.82, 2.24) is 10.2 Å². The van der Waals surface area contributed by atoms with Gasteiger partial charge in [-0.2, -0.15) is 11.8 Å². The van der Waals surface area contributed by atoms with Crippen molar-refractivity contribution in [1.29, 1.82) is 0 Å². The van der Waals surface area contributed by atoms with Gasteiger partial charge in [0.15, 0.2) is 0 Å². The summed E-state index contributed by atoms with van der Waals surface area (Å²) in [5, 5.41) is 3.70. The van der Waals surface area contributed by atoms with Crippen molar-refractivity contribution in [2.45, 2.75) is 52.6 Å². The van der Waals surface area contributed by atoms with Gasteiger partial charge in [-0.25, -0.2) is 0 Å². The van der Waals surface area contributed by atoms with Gasteiger partial charge in [0.1, 0.15) is 0 Å². The molecule has 1 fully saturated rings. The van der Waals surface area contributed by atoms with E-state index in [1.165, 1.54) is 31.7 Å². The molecule has 1 saturated heterocycles. The van der Waals surface area contributed by atoms with Gasteiger partial charge in [-0.3, -0.25) is 4.90 Å². The van der Waals surface area contributed by atoms with E-state index >= 15 is 0 Å². The summed E-state index contributed by atoms with van der Waals surface area (Å²) in [7, 11) is 0. The molecule has 1 N–H and O–H groups in total. The quantitative estimate of drug-likeness (QED) is 0.764. The van der Waals surface area contributed by atoms with Crippen LogP contribution in [0.3, 0.4) is 0 Å². The first kappa shape index (κ1) is 15.3. The zero-order valence-electron chi connectivity index (χ0n) is 12.3. The minimum absolute atomic E-state index is 0.380. The third kappa shape index (κ3) is 4.80. The van der Waals surface area contributed by atoms with Crippen LogP contribution >= 0.6 is 11.8 Å². The van der Waals surface area contributed by atoms with Crippen molar-refractivity contribution in [2.75, 3.05) is 31.6 Å². The molecule has 0 aromatic rings. The first-order valence-electron chi connectivity index (χ1n) is 6.95. The molecule has 2 unspecified atom stereocenters. The van der Waals surface area contributed by atoms with Crippen LogP contribution in [0.4, 0.5) is 0 Å². The molecule has 17 heavy (non-hydrogen) atoms. The summed E-state index contributed by atoms with van der Waals surface area (Å²) in [6.07, 6.45) is 4.77. The zero-order valence-corrected chi connectivity index (χ0v) is 13.1. The van der Waals surface area contributed by atoms with Gasteiger partial charge in [0.25, 0.3) is 0 Å². The maximum absolute atomic E-state index is 3.70. The molecule has 2 atom stereocenters. The van der Waals surface area contributed by atoms with Crippen LogP contribution in [0, 0.1) is 5.41 Å². The summed E-state index contributed by atoms with van der Waals surface area (Å²) in [5.74, 6) is 1.29. The summed E-state index contributed by atoms with van der Waals surface area (Å²) < 4.78 is 0. The Labute approximate surface area is 112 Å². The molecule has 2 nitrogen and oxygen atoms in total. The van der Waals surface area contributed by atoms with Gasteiger partial charge in [-0.1, -0.05) is 27.7 Å². The molecule has 0 bridgehead atoms. The maximum atomic E-state index is 3.70. The number of hydrogen-bond donors (Lipinski definition) is 1. The minimum atomic E-state index is 0.380. The molecule has 0 aliphatic carbocycles. The third-order valence-corrected chi connectivity index (χ3v) is 4.48. The van der Waals surface area contributed by atoms with Crippen molar-refractivity contribution < 1.29 is 0 Å². The highest BCUT2D eigenvalue weighted by molar-refractivity contribution is 7.98. The fourth-order valence-corrected chi connectivity index (χ4v) is 3.09. The molecule has 0 radical (unpaired) electrons. The van der Waals surface area contributed by atoms with E-state index in [0.717, 1.165) is 6.54 Å². The third-order valence-electron chi connectivity index (χ3n) is 3.78. The van der Waals surface area contributed by atoms with Crippen molar-refractivity contribution in [3.05, 3.63) is 0 Å². The number of rotatable bonds is 5. The minimum Gasteiger partial charge on any atom is -0.311 e.